The first-order valence-corrected chi connectivity index (χ1v) is 7.81. The molecule has 0 fully saturated rings. The molecule has 0 atom stereocenters. The van der Waals surface area contributed by atoms with Crippen molar-refractivity contribution in [3.05, 3.63) is 66.7 Å². The Morgan fingerprint density at radius 3 is 2.25 bits per heavy atom. The zero-order chi connectivity index (χ0) is 16.5. The third-order valence-corrected chi connectivity index (χ3v) is 4.24. The third kappa shape index (κ3) is 2.26. The molecule has 0 spiro atoms. The largest absolute Gasteiger partial charge is 0.497 e. The predicted molar refractivity (Wildman–Crippen MR) is 97.8 cm³/mol. The van der Waals surface area contributed by atoms with Gasteiger partial charge in [0.05, 0.1) is 30.8 Å². The molecule has 1 aromatic heterocycles. The summed E-state index contributed by atoms with van der Waals surface area (Å²) in [6.07, 6.45) is 0. The maximum Gasteiger partial charge on any atom is 0.132 e. The molecule has 0 amide bonds. The summed E-state index contributed by atoms with van der Waals surface area (Å²) in [6, 6.07) is 22.3. The Morgan fingerprint density at radius 1 is 0.750 bits per heavy atom. The molecule has 0 saturated heterocycles. The third-order valence-electron chi connectivity index (χ3n) is 4.24. The van der Waals surface area contributed by atoms with Gasteiger partial charge in [-0.25, -0.2) is 4.98 Å². The molecule has 0 radical (unpaired) electrons. The fourth-order valence-corrected chi connectivity index (χ4v) is 3.11. The van der Waals surface area contributed by atoms with Crippen LogP contribution in [-0.2, 0) is 0 Å². The Kier molecular flexibility index (Phi) is 3.54. The molecule has 4 rings (SSSR count). The van der Waals surface area contributed by atoms with Gasteiger partial charge in [0.1, 0.15) is 11.5 Å². The summed E-state index contributed by atoms with van der Waals surface area (Å²) < 4.78 is 11.1. The van der Waals surface area contributed by atoms with E-state index in [1.54, 1.807) is 14.2 Å². The topological polar surface area (TPSA) is 31.4 Å². The molecule has 3 nitrogen and oxygen atoms in total. The molecule has 0 aliphatic rings. The summed E-state index contributed by atoms with van der Waals surface area (Å²) in [6.45, 7) is 0. The van der Waals surface area contributed by atoms with Gasteiger partial charge < -0.3 is 9.47 Å². The molecule has 3 heteroatoms. The normalized spacial score (nSPS) is 10.9. The zero-order valence-electron chi connectivity index (χ0n) is 13.6. The second-order valence-corrected chi connectivity index (χ2v) is 5.60. The lowest BCUT2D eigenvalue weighted by Crippen LogP contribution is -1.94. The summed E-state index contributed by atoms with van der Waals surface area (Å²) >= 11 is 0. The second-order valence-electron chi connectivity index (χ2n) is 5.60. The number of pyridine rings is 1. The Balaban J connectivity index is 2.21. The van der Waals surface area contributed by atoms with Crippen molar-refractivity contribution in [2.24, 2.45) is 0 Å². The zero-order valence-corrected chi connectivity index (χ0v) is 13.6. The van der Waals surface area contributed by atoms with Crippen molar-refractivity contribution in [3.63, 3.8) is 0 Å². The number of methoxy groups -OCH3 is 2. The van der Waals surface area contributed by atoms with Crippen molar-refractivity contribution in [1.82, 2.24) is 4.98 Å². The van der Waals surface area contributed by atoms with E-state index in [-0.39, 0.29) is 0 Å². The maximum atomic E-state index is 5.66. The van der Waals surface area contributed by atoms with Crippen LogP contribution in [0.2, 0.25) is 0 Å². The smallest absolute Gasteiger partial charge is 0.132 e. The summed E-state index contributed by atoms with van der Waals surface area (Å²) in [4.78, 5) is 4.92. The minimum absolute atomic E-state index is 0.765. The van der Waals surface area contributed by atoms with Gasteiger partial charge in [0.25, 0.3) is 0 Å². The fraction of sp³-hybridized carbons (Fsp3) is 0.0952. The minimum Gasteiger partial charge on any atom is -0.497 e. The number of aromatic nitrogens is 1. The number of hydrogen-bond donors (Lipinski definition) is 0. The van der Waals surface area contributed by atoms with E-state index in [1.165, 1.54) is 0 Å². The molecule has 4 aromatic rings. The van der Waals surface area contributed by atoms with E-state index >= 15 is 0 Å². The molecular formula is C21H17NO2. The van der Waals surface area contributed by atoms with Crippen LogP contribution in [0.15, 0.2) is 66.7 Å². The first kappa shape index (κ1) is 14.5. The number of hydrogen-bond acceptors (Lipinski definition) is 3. The van der Waals surface area contributed by atoms with E-state index in [2.05, 4.69) is 18.2 Å². The van der Waals surface area contributed by atoms with Gasteiger partial charge in [0.2, 0.25) is 0 Å². The lowest BCUT2D eigenvalue weighted by Gasteiger charge is -2.14. The summed E-state index contributed by atoms with van der Waals surface area (Å²) in [7, 11) is 3.35. The highest BCUT2D eigenvalue weighted by Gasteiger charge is 2.15. The Morgan fingerprint density at radius 2 is 1.50 bits per heavy atom. The SMILES string of the molecule is COc1cc(OC)c2c(-c3ccccc3)nc3ccccc3c2c1. The van der Waals surface area contributed by atoms with Crippen LogP contribution in [0.4, 0.5) is 0 Å². The van der Waals surface area contributed by atoms with Crippen LogP contribution in [0, 0.1) is 0 Å². The molecule has 0 unspecified atom stereocenters. The maximum absolute atomic E-state index is 5.66. The van der Waals surface area contributed by atoms with E-state index in [0.717, 1.165) is 44.4 Å². The first-order valence-electron chi connectivity index (χ1n) is 7.81. The van der Waals surface area contributed by atoms with Gasteiger partial charge in [-0.2, -0.15) is 0 Å². The highest BCUT2D eigenvalue weighted by Crippen LogP contribution is 2.40. The van der Waals surface area contributed by atoms with E-state index in [9.17, 15) is 0 Å². The molecule has 0 aliphatic heterocycles. The summed E-state index contributed by atoms with van der Waals surface area (Å²) in [5.41, 5.74) is 2.94. The number of rotatable bonds is 3. The van der Waals surface area contributed by atoms with Gasteiger partial charge >= 0.3 is 0 Å². The second kappa shape index (κ2) is 5.85. The summed E-state index contributed by atoms with van der Waals surface area (Å²) in [5, 5.41) is 3.17. The van der Waals surface area contributed by atoms with Gasteiger partial charge in [-0.05, 0) is 12.1 Å². The Labute approximate surface area is 140 Å². The lowest BCUT2D eigenvalue weighted by molar-refractivity contribution is 0.398. The standard InChI is InChI=1S/C21H17NO2/c1-23-15-12-17-16-10-6-7-11-18(16)22-21(14-8-4-3-5-9-14)20(17)19(13-15)24-2/h3-13H,1-2H3. The predicted octanol–water partition coefficient (Wildman–Crippen LogP) is 5.07. The molecule has 0 saturated carbocycles. The van der Waals surface area contributed by atoms with E-state index in [0.29, 0.717) is 0 Å². The van der Waals surface area contributed by atoms with Crippen LogP contribution in [0.5, 0.6) is 11.5 Å². The number of nitrogens with zero attached hydrogens (tertiary/aromatic N) is 1. The fourth-order valence-electron chi connectivity index (χ4n) is 3.11. The molecular weight excluding hydrogens is 298 g/mol. The molecule has 118 valence electrons. The molecule has 0 aliphatic carbocycles. The van der Waals surface area contributed by atoms with Crippen LogP contribution in [-0.4, -0.2) is 19.2 Å². The van der Waals surface area contributed by atoms with Crippen LogP contribution in [0.3, 0.4) is 0 Å². The van der Waals surface area contributed by atoms with Gasteiger partial charge in [-0.3, -0.25) is 0 Å². The van der Waals surface area contributed by atoms with Gasteiger partial charge in [0.15, 0.2) is 0 Å². The van der Waals surface area contributed by atoms with Crippen LogP contribution < -0.4 is 9.47 Å². The van der Waals surface area contributed by atoms with Crippen molar-refractivity contribution >= 4 is 21.7 Å². The monoisotopic (exact) mass is 315 g/mol. The van der Waals surface area contributed by atoms with Crippen molar-refractivity contribution in [3.8, 4) is 22.8 Å². The Bertz CT molecular complexity index is 1030. The van der Waals surface area contributed by atoms with Gasteiger partial charge in [0, 0.05) is 22.4 Å². The molecule has 24 heavy (non-hydrogen) atoms. The number of benzene rings is 3. The van der Waals surface area contributed by atoms with Crippen LogP contribution in [0.1, 0.15) is 0 Å². The lowest BCUT2D eigenvalue weighted by atomic mass is 9.99. The molecule has 3 aromatic carbocycles. The van der Waals surface area contributed by atoms with E-state index in [1.807, 2.05) is 48.5 Å². The highest BCUT2D eigenvalue weighted by atomic mass is 16.5. The molecule has 0 bridgehead atoms. The molecule has 0 N–H and O–H groups in total. The minimum atomic E-state index is 0.765. The van der Waals surface area contributed by atoms with E-state index in [4.69, 9.17) is 14.5 Å². The Hall–Kier alpha value is -3.07. The summed E-state index contributed by atoms with van der Waals surface area (Å²) in [5.74, 6) is 1.54. The van der Waals surface area contributed by atoms with Crippen molar-refractivity contribution in [2.45, 2.75) is 0 Å². The van der Waals surface area contributed by atoms with Crippen molar-refractivity contribution in [1.29, 1.82) is 0 Å². The number of ether oxygens (including phenoxy) is 2. The van der Waals surface area contributed by atoms with Crippen molar-refractivity contribution in [2.75, 3.05) is 14.2 Å². The quantitative estimate of drug-likeness (QED) is 0.494. The van der Waals surface area contributed by atoms with E-state index < -0.39 is 0 Å². The highest BCUT2D eigenvalue weighted by molar-refractivity contribution is 6.13. The number of fused-ring (bicyclic) bond motifs is 3. The van der Waals surface area contributed by atoms with Gasteiger partial charge in [-0.1, -0.05) is 48.5 Å². The average molecular weight is 315 g/mol. The number of para-hydroxylation sites is 1. The van der Waals surface area contributed by atoms with Crippen molar-refractivity contribution < 1.29 is 9.47 Å². The molecule has 1 heterocycles. The van der Waals surface area contributed by atoms with Crippen LogP contribution in [0.25, 0.3) is 32.9 Å². The van der Waals surface area contributed by atoms with Crippen LogP contribution >= 0.6 is 0 Å². The first-order chi connectivity index (χ1) is 11.8. The average Bonchev–Trinajstić information content (AvgIpc) is 2.67. The van der Waals surface area contributed by atoms with Gasteiger partial charge in [-0.15, -0.1) is 0 Å².